The van der Waals surface area contributed by atoms with Crippen LogP contribution in [-0.4, -0.2) is 21.0 Å². The summed E-state index contributed by atoms with van der Waals surface area (Å²) in [6, 6.07) is 4.45. The Labute approximate surface area is 94.1 Å². The van der Waals surface area contributed by atoms with Gasteiger partial charge in [0.1, 0.15) is 11.3 Å². The van der Waals surface area contributed by atoms with Crippen LogP contribution in [0.15, 0.2) is 24.5 Å². The molecule has 0 saturated heterocycles. The predicted molar refractivity (Wildman–Crippen MR) is 63.1 cm³/mol. The minimum atomic E-state index is 0.402. The van der Waals surface area contributed by atoms with E-state index in [9.17, 15) is 0 Å². The molecule has 2 heterocycles. The van der Waals surface area contributed by atoms with E-state index >= 15 is 0 Å². The van der Waals surface area contributed by atoms with E-state index in [-0.39, 0.29) is 0 Å². The van der Waals surface area contributed by atoms with Crippen LogP contribution < -0.4 is 5.32 Å². The number of hydrogen-bond donors (Lipinski definition) is 1. The lowest BCUT2D eigenvalue weighted by molar-refractivity contribution is 0.630. The van der Waals surface area contributed by atoms with Gasteiger partial charge in [-0.05, 0) is 24.0 Å². The monoisotopic (exact) mass is 214 g/mol. The fourth-order valence-electron chi connectivity index (χ4n) is 1.83. The van der Waals surface area contributed by atoms with Crippen molar-refractivity contribution >= 4 is 17.0 Å². The minimum Gasteiger partial charge on any atom is -0.367 e. The van der Waals surface area contributed by atoms with Crippen molar-refractivity contribution in [2.75, 3.05) is 5.32 Å². The molecule has 1 fully saturated rings. The molecule has 0 radical (unpaired) electrons. The summed E-state index contributed by atoms with van der Waals surface area (Å²) in [4.78, 5) is 12.8. The summed E-state index contributed by atoms with van der Waals surface area (Å²) in [6.07, 6.45) is 4.55. The third-order valence-electron chi connectivity index (χ3n) is 3.17. The first-order chi connectivity index (χ1) is 7.65. The molecule has 2 aromatic rings. The van der Waals surface area contributed by atoms with Crippen molar-refractivity contribution in [3.63, 3.8) is 0 Å². The Morgan fingerprint density at radius 1 is 1.25 bits per heavy atom. The molecule has 0 aromatic carbocycles. The Hall–Kier alpha value is -1.71. The first-order valence-corrected chi connectivity index (χ1v) is 5.49. The minimum absolute atomic E-state index is 0.402. The van der Waals surface area contributed by atoms with E-state index in [2.05, 4.69) is 34.1 Å². The van der Waals surface area contributed by atoms with Crippen molar-refractivity contribution in [1.29, 1.82) is 0 Å². The van der Waals surface area contributed by atoms with Gasteiger partial charge in [-0.15, -0.1) is 0 Å². The largest absolute Gasteiger partial charge is 0.367 e. The number of nitrogens with one attached hydrogen (secondary N) is 1. The highest BCUT2D eigenvalue weighted by Crippen LogP contribution is 2.46. The van der Waals surface area contributed by atoms with Gasteiger partial charge in [0.05, 0.1) is 0 Å². The molecule has 0 amide bonds. The normalized spacial score (nSPS) is 22.0. The summed E-state index contributed by atoms with van der Waals surface area (Å²) in [6.45, 7) is 4.51. The van der Waals surface area contributed by atoms with Crippen LogP contribution in [0.3, 0.4) is 0 Å². The number of rotatable bonds is 2. The van der Waals surface area contributed by atoms with Gasteiger partial charge in [-0.2, -0.15) is 0 Å². The maximum atomic E-state index is 4.44. The van der Waals surface area contributed by atoms with Crippen molar-refractivity contribution < 1.29 is 0 Å². The van der Waals surface area contributed by atoms with Crippen LogP contribution in [0.25, 0.3) is 11.2 Å². The van der Waals surface area contributed by atoms with E-state index in [4.69, 9.17) is 0 Å². The third-order valence-corrected chi connectivity index (χ3v) is 3.17. The zero-order valence-electron chi connectivity index (χ0n) is 9.44. The predicted octanol–water partition coefficient (Wildman–Crippen LogP) is 2.24. The number of aromatic nitrogens is 3. The molecular formula is C12H14N4. The molecule has 0 bridgehead atoms. The van der Waals surface area contributed by atoms with Gasteiger partial charge >= 0.3 is 0 Å². The van der Waals surface area contributed by atoms with Crippen LogP contribution in [0, 0.1) is 5.41 Å². The van der Waals surface area contributed by atoms with E-state index in [1.165, 1.54) is 6.42 Å². The number of anilines is 1. The fraction of sp³-hybridized carbons (Fsp3) is 0.417. The van der Waals surface area contributed by atoms with E-state index in [1.807, 2.05) is 12.1 Å². The summed E-state index contributed by atoms with van der Waals surface area (Å²) >= 11 is 0. The molecule has 0 spiro atoms. The van der Waals surface area contributed by atoms with Gasteiger partial charge in [0.2, 0.25) is 0 Å². The zero-order valence-corrected chi connectivity index (χ0v) is 9.44. The van der Waals surface area contributed by atoms with Gasteiger partial charge in [0.25, 0.3) is 0 Å². The molecule has 0 aliphatic heterocycles. The molecule has 1 N–H and O–H groups in total. The summed E-state index contributed by atoms with van der Waals surface area (Å²) in [5, 5.41) is 3.42. The molecule has 1 saturated carbocycles. The molecule has 82 valence electrons. The number of hydrogen-bond acceptors (Lipinski definition) is 4. The first-order valence-electron chi connectivity index (χ1n) is 5.49. The molecule has 16 heavy (non-hydrogen) atoms. The quantitative estimate of drug-likeness (QED) is 0.833. The lowest BCUT2D eigenvalue weighted by Gasteiger charge is -2.07. The van der Waals surface area contributed by atoms with Crippen LogP contribution in [0.5, 0.6) is 0 Å². The van der Waals surface area contributed by atoms with Crippen LogP contribution in [-0.2, 0) is 0 Å². The number of pyridine rings is 1. The van der Waals surface area contributed by atoms with Gasteiger partial charge in [-0.25, -0.2) is 9.97 Å². The second-order valence-corrected chi connectivity index (χ2v) is 4.99. The second-order valence-electron chi connectivity index (χ2n) is 4.99. The summed E-state index contributed by atoms with van der Waals surface area (Å²) in [7, 11) is 0. The molecule has 1 atom stereocenters. The van der Waals surface area contributed by atoms with Gasteiger partial charge in [-0.3, -0.25) is 4.98 Å². The Kier molecular flexibility index (Phi) is 1.87. The SMILES string of the molecule is CC1(C)CC1Nc1ccc2nccnc2n1. The summed E-state index contributed by atoms with van der Waals surface area (Å²) in [5.74, 6) is 0.892. The van der Waals surface area contributed by atoms with E-state index in [0.717, 1.165) is 11.3 Å². The van der Waals surface area contributed by atoms with Crippen molar-refractivity contribution in [2.24, 2.45) is 5.41 Å². The Bertz CT molecular complexity index is 535. The molecule has 4 nitrogen and oxygen atoms in total. The van der Waals surface area contributed by atoms with Crippen LogP contribution in [0.1, 0.15) is 20.3 Å². The van der Waals surface area contributed by atoms with Crippen LogP contribution >= 0.6 is 0 Å². The lowest BCUT2D eigenvalue weighted by atomic mass is 10.2. The average molecular weight is 214 g/mol. The molecule has 2 aromatic heterocycles. The summed E-state index contributed by atoms with van der Waals surface area (Å²) in [5.41, 5.74) is 1.94. The summed E-state index contributed by atoms with van der Waals surface area (Å²) < 4.78 is 0. The van der Waals surface area contributed by atoms with Crippen LogP contribution in [0.4, 0.5) is 5.82 Å². The molecule has 1 aliphatic rings. The highest BCUT2D eigenvalue weighted by Gasteiger charge is 2.45. The van der Waals surface area contributed by atoms with E-state index < -0.39 is 0 Å². The van der Waals surface area contributed by atoms with Crippen molar-refractivity contribution in [2.45, 2.75) is 26.3 Å². The zero-order chi connectivity index (χ0) is 11.2. The number of fused-ring (bicyclic) bond motifs is 1. The molecule has 1 aliphatic carbocycles. The van der Waals surface area contributed by atoms with Crippen molar-refractivity contribution in [1.82, 2.24) is 15.0 Å². The fourth-order valence-corrected chi connectivity index (χ4v) is 1.83. The molecule has 3 rings (SSSR count). The Morgan fingerprint density at radius 3 is 2.75 bits per heavy atom. The average Bonchev–Trinajstić information content (AvgIpc) is 2.86. The highest BCUT2D eigenvalue weighted by atomic mass is 15.1. The Balaban J connectivity index is 1.88. The van der Waals surface area contributed by atoms with Gasteiger partial charge in [0, 0.05) is 18.4 Å². The maximum absolute atomic E-state index is 4.44. The maximum Gasteiger partial charge on any atom is 0.180 e. The second kappa shape index (κ2) is 3.14. The topological polar surface area (TPSA) is 50.7 Å². The first kappa shape index (κ1) is 9.51. The molecular weight excluding hydrogens is 200 g/mol. The Morgan fingerprint density at radius 2 is 2.00 bits per heavy atom. The smallest absolute Gasteiger partial charge is 0.180 e. The molecule has 4 heteroatoms. The lowest BCUT2D eigenvalue weighted by Crippen LogP contribution is -2.09. The van der Waals surface area contributed by atoms with Crippen molar-refractivity contribution in [3.05, 3.63) is 24.5 Å². The van der Waals surface area contributed by atoms with Gasteiger partial charge < -0.3 is 5.32 Å². The number of nitrogens with zero attached hydrogens (tertiary/aromatic N) is 3. The standard InChI is InChI=1S/C12H14N4/c1-12(2)7-9(12)15-10-4-3-8-11(16-10)14-6-5-13-8/h3-6,9H,7H2,1-2H3,(H,14,15,16). The van der Waals surface area contributed by atoms with E-state index in [1.54, 1.807) is 12.4 Å². The van der Waals surface area contributed by atoms with Gasteiger partial charge in [-0.1, -0.05) is 13.8 Å². The third kappa shape index (κ3) is 1.60. The highest BCUT2D eigenvalue weighted by molar-refractivity contribution is 5.71. The van der Waals surface area contributed by atoms with E-state index in [0.29, 0.717) is 17.1 Å². The van der Waals surface area contributed by atoms with Crippen LogP contribution in [0.2, 0.25) is 0 Å². The molecule has 1 unspecified atom stereocenters. The van der Waals surface area contributed by atoms with Crippen molar-refractivity contribution in [3.8, 4) is 0 Å². The van der Waals surface area contributed by atoms with Gasteiger partial charge in [0.15, 0.2) is 5.65 Å².